The molecule has 2 heteroatoms. The normalized spacial score (nSPS) is 12.3. The Morgan fingerprint density at radius 1 is 1.33 bits per heavy atom. The molecule has 0 saturated heterocycles. The van der Waals surface area contributed by atoms with Crippen LogP contribution in [-0.2, 0) is 0 Å². The van der Waals surface area contributed by atoms with Gasteiger partial charge in [0.2, 0.25) is 0 Å². The molecule has 82 valence electrons. The average molecular weight is 269 g/mol. The maximum Gasteiger partial charge on any atom is 0.0793 e. The van der Waals surface area contributed by atoms with Gasteiger partial charge in [-0.1, -0.05) is 39.7 Å². The Kier molecular flexibility index (Phi) is 5.06. The van der Waals surface area contributed by atoms with Crippen LogP contribution in [0, 0.1) is 0 Å². The van der Waals surface area contributed by atoms with Crippen molar-refractivity contribution in [2.75, 3.05) is 0 Å². The lowest BCUT2D eigenvalue weighted by Crippen LogP contribution is -1.96. The molecule has 0 fully saturated rings. The zero-order chi connectivity index (χ0) is 11.3. The highest BCUT2D eigenvalue weighted by Crippen LogP contribution is 2.20. The van der Waals surface area contributed by atoms with Gasteiger partial charge in [0.1, 0.15) is 0 Å². The first-order valence-electron chi connectivity index (χ1n) is 5.16. The van der Waals surface area contributed by atoms with Crippen LogP contribution in [0.15, 0.2) is 40.4 Å². The standard InChI is InChI=1S/C13H17BrO/c1-10(2)4-3-5-13(15)11-6-8-12(14)9-7-11/h4,6-9,13,15H,3,5H2,1-2H3. The van der Waals surface area contributed by atoms with Gasteiger partial charge < -0.3 is 5.11 Å². The largest absolute Gasteiger partial charge is 0.388 e. The number of halogens is 1. The quantitative estimate of drug-likeness (QED) is 0.811. The van der Waals surface area contributed by atoms with Gasteiger partial charge in [0.05, 0.1) is 6.10 Å². The van der Waals surface area contributed by atoms with E-state index in [1.165, 1.54) is 5.57 Å². The third-order valence-corrected chi connectivity index (χ3v) is 2.78. The molecule has 0 saturated carbocycles. The second kappa shape index (κ2) is 6.09. The van der Waals surface area contributed by atoms with Gasteiger partial charge in [-0.2, -0.15) is 0 Å². The van der Waals surface area contributed by atoms with Crippen LogP contribution in [0.3, 0.4) is 0 Å². The molecular formula is C13H17BrO. The molecule has 1 rings (SSSR count). The van der Waals surface area contributed by atoms with E-state index in [1.807, 2.05) is 24.3 Å². The summed E-state index contributed by atoms with van der Waals surface area (Å²) in [5.74, 6) is 0. The molecule has 0 aliphatic heterocycles. The Bertz CT molecular complexity index is 323. The fourth-order valence-corrected chi connectivity index (χ4v) is 1.65. The molecule has 0 aromatic heterocycles. The lowest BCUT2D eigenvalue weighted by Gasteiger charge is -2.09. The van der Waals surface area contributed by atoms with E-state index in [0.29, 0.717) is 0 Å². The zero-order valence-electron chi connectivity index (χ0n) is 9.20. The summed E-state index contributed by atoms with van der Waals surface area (Å²) >= 11 is 3.38. The van der Waals surface area contributed by atoms with Crippen LogP contribution in [0.1, 0.15) is 38.4 Å². The van der Waals surface area contributed by atoms with Crippen molar-refractivity contribution in [3.8, 4) is 0 Å². The van der Waals surface area contributed by atoms with Crippen molar-refractivity contribution in [2.24, 2.45) is 0 Å². The van der Waals surface area contributed by atoms with E-state index in [4.69, 9.17) is 0 Å². The average Bonchev–Trinajstić information content (AvgIpc) is 2.18. The van der Waals surface area contributed by atoms with Gasteiger partial charge >= 0.3 is 0 Å². The van der Waals surface area contributed by atoms with Gasteiger partial charge in [-0.15, -0.1) is 0 Å². The van der Waals surface area contributed by atoms with Gasteiger partial charge in [0.25, 0.3) is 0 Å². The fraction of sp³-hybridized carbons (Fsp3) is 0.385. The van der Waals surface area contributed by atoms with E-state index in [0.717, 1.165) is 22.9 Å². The van der Waals surface area contributed by atoms with Crippen molar-refractivity contribution in [1.82, 2.24) is 0 Å². The molecular weight excluding hydrogens is 252 g/mol. The summed E-state index contributed by atoms with van der Waals surface area (Å²) in [5, 5.41) is 9.88. The zero-order valence-corrected chi connectivity index (χ0v) is 10.8. The second-order valence-electron chi connectivity index (χ2n) is 3.93. The molecule has 0 spiro atoms. The van der Waals surface area contributed by atoms with Crippen LogP contribution >= 0.6 is 15.9 Å². The molecule has 1 aromatic rings. The number of allylic oxidation sites excluding steroid dienone is 2. The molecule has 0 amide bonds. The Morgan fingerprint density at radius 2 is 1.93 bits per heavy atom. The predicted molar refractivity (Wildman–Crippen MR) is 67.8 cm³/mol. The van der Waals surface area contributed by atoms with Gasteiger partial charge in [-0.05, 0) is 44.4 Å². The Balaban J connectivity index is 2.50. The summed E-state index contributed by atoms with van der Waals surface area (Å²) < 4.78 is 1.04. The molecule has 1 unspecified atom stereocenters. The lowest BCUT2D eigenvalue weighted by molar-refractivity contribution is 0.168. The number of aliphatic hydroxyl groups excluding tert-OH is 1. The van der Waals surface area contributed by atoms with Crippen molar-refractivity contribution in [2.45, 2.75) is 32.8 Å². The monoisotopic (exact) mass is 268 g/mol. The first-order chi connectivity index (χ1) is 7.09. The number of hydrogen-bond acceptors (Lipinski definition) is 1. The van der Waals surface area contributed by atoms with Crippen molar-refractivity contribution < 1.29 is 5.11 Å². The van der Waals surface area contributed by atoms with Crippen LogP contribution in [-0.4, -0.2) is 5.11 Å². The van der Waals surface area contributed by atoms with Crippen LogP contribution in [0.4, 0.5) is 0 Å². The minimum absolute atomic E-state index is 0.353. The Morgan fingerprint density at radius 3 is 2.47 bits per heavy atom. The molecule has 0 heterocycles. The SMILES string of the molecule is CC(C)=CCCC(O)c1ccc(Br)cc1. The topological polar surface area (TPSA) is 20.2 Å². The molecule has 0 aliphatic carbocycles. The van der Waals surface area contributed by atoms with Crippen molar-refractivity contribution in [3.63, 3.8) is 0 Å². The fourth-order valence-electron chi connectivity index (χ4n) is 1.38. The van der Waals surface area contributed by atoms with E-state index < -0.39 is 0 Å². The molecule has 1 aromatic carbocycles. The van der Waals surface area contributed by atoms with E-state index in [-0.39, 0.29) is 6.10 Å². The van der Waals surface area contributed by atoms with Crippen molar-refractivity contribution >= 4 is 15.9 Å². The lowest BCUT2D eigenvalue weighted by atomic mass is 10.0. The first-order valence-corrected chi connectivity index (χ1v) is 5.96. The summed E-state index contributed by atoms with van der Waals surface area (Å²) in [7, 11) is 0. The summed E-state index contributed by atoms with van der Waals surface area (Å²) in [6, 6.07) is 7.83. The highest BCUT2D eigenvalue weighted by atomic mass is 79.9. The summed E-state index contributed by atoms with van der Waals surface area (Å²) in [5.41, 5.74) is 2.29. The molecule has 15 heavy (non-hydrogen) atoms. The number of hydrogen-bond donors (Lipinski definition) is 1. The molecule has 0 radical (unpaired) electrons. The van der Waals surface area contributed by atoms with Crippen LogP contribution < -0.4 is 0 Å². The van der Waals surface area contributed by atoms with Crippen molar-refractivity contribution in [1.29, 1.82) is 0 Å². The first kappa shape index (κ1) is 12.5. The van der Waals surface area contributed by atoms with Crippen molar-refractivity contribution in [3.05, 3.63) is 46.0 Å². The Hall–Kier alpha value is -0.600. The van der Waals surface area contributed by atoms with Gasteiger partial charge in [-0.3, -0.25) is 0 Å². The number of benzene rings is 1. The van der Waals surface area contributed by atoms with Crippen LogP contribution in [0.2, 0.25) is 0 Å². The molecule has 0 bridgehead atoms. The smallest absolute Gasteiger partial charge is 0.0793 e. The van der Waals surface area contributed by atoms with E-state index in [2.05, 4.69) is 35.9 Å². The summed E-state index contributed by atoms with van der Waals surface area (Å²) in [6.45, 7) is 4.15. The molecule has 1 atom stereocenters. The maximum atomic E-state index is 9.88. The van der Waals surface area contributed by atoms with E-state index >= 15 is 0 Å². The number of rotatable bonds is 4. The van der Waals surface area contributed by atoms with Gasteiger partial charge in [0.15, 0.2) is 0 Å². The Labute approximate surface area is 100.0 Å². The summed E-state index contributed by atoms with van der Waals surface area (Å²) in [4.78, 5) is 0. The third kappa shape index (κ3) is 4.63. The third-order valence-electron chi connectivity index (χ3n) is 2.25. The minimum Gasteiger partial charge on any atom is -0.388 e. The van der Waals surface area contributed by atoms with Gasteiger partial charge in [-0.25, -0.2) is 0 Å². The summed E-state index contributed by atoms with van der Waals surface area (Å²) in [6.07, 6.45) is 3.52. The van der Waals surface area contributed by atoms with Crippen LogP contribution in [0.5, 0.6) is 0 Å². The molecule has 1 N–H and O–H groups in total. The molecule has 0 aliphatic rings. The highest BCUT2D eigenvalue weighted by Gasteiger charge is 2.05. The van der Waals surface area contributed by atoms with E-state index in [1.54, 1.807) is 0 Å². The predicted octanol–water partition coefficient (Wildman–Crippen LogP) is 4.23. The number of aliphatic hydroxyl groups is 1. The maximum absolute atomic E-state index is 9.88. The van der Waals surface area contributed by atoms with Crippen LogP contribution in [0.25, 0.3) is 0 Å². The van der Waals surface area contributed by atoms with Gasteiger partial charge in [0, 0.05) is 4.47 Å². The minimum atomic E-state index is -0.353. The van der Waals surface area contributed by atoms with E-state index in [9.17, 15) is 5.11 Å². The second-order valence-corrected chi connectivity index (χ2v) is 4.84. The highest BCUT2D eigenvalue weighted by molar-refractivity contribution is 9.10. The molecule has 1 nitrogen and oxygen atoms in total.